The van der Waals surface area contributed by atoms with Crippen molar-refractivity contribution in [3.8, 4) is 55.6 Å². The minimum atomic E-state index is -0.576. The number of rotatable bonds is 7. The number of anilines is 3. The second-order valence-electron chi connectivity index (χ2n) is 20.6. The molecule has 12 aromatic carbocycles. The van der Waals surface area contributed by atoms with Crippen LogP contribution in [0.2, 0.25) is 0 Å². The molecule has 0 N–H and O–H groups in total. The molecule has 0 saturated carbocycles. The van der Waals surface area contributed by atoms with Crippen LogP contribution in [0.25, 0.3) is 75.8 Å². The average Bonchev–Trinajstić information content (AvgIpc) is 4.21. The van der Waals surface area contributed by atoms with E-state index in [0.29, 0.717) is 0 Å². The maximum Gasteiger partial charge on any atom is 0.0726 e. The molecule has 2 heteroatoms. The van der Waals surface area contributed by atoms with Gasteiger partial charge in [0, 0.05) is 37.1 Å². The van der Waals surface area contributed by atoms with Crippen LogP contribution in [0.15, 0.2) is 285 Å². The minimum absolute atomic E-state index is 0.529. The molecule has 0 radical (unpaired) electrons. The summed E-state index contributed by atoms with van der Waals surface area (Å²) in [5.41, 5.74) is 25.0. The molecule has 0 unspecified atom stereocenters. The third-order valence-corrected chi connectivity index (χ3v) is 18.1. The van der Waals surface area contributed by atoms with Crippen molar-refractivity contribution < 1.29 is 0 Å². The highest BCUT2D eigenvalue weighted by atomic mass is 32.1. The molecule has 1 spiro atoms. The molecule has 1 heterocycles. The molecule has 0 fully saturated rings. The molecule has 13 aromatic rings. The minimum Gasteiger partial charge on any atom is -0.310 e. The number of hydrogen-bond donors (Lipinski definition) is 0. The third-order valence-electron chi connectivity index (χ3n) is 17.0. The largest absolute Gasteiger partial charge is 0.310 e. The summed E-state index contributed by atoms with van der Waals surface area (Å²) < 4.78 is 2.63. The van der Waals surface area contributed by atoms with Gasteiger partial charge >= 0.3 is 0 Å². The Morgan fingerprint density at radius 1 is 0.250 bits per heavy atom. The van der Waals surface area contributed by atoms with Crippen molar-refractivity contribution in [1.82, 2.24) is 0 Å². The molecule has 16 rings (SSSR count). The van der Waals surface area contributed by atoms with Crippen molar-refractivity contribution in [3.05, 3.63) is 330 Å². The first-order valence-corrected chi connectivity index (χ1v) is 27.2. The van der Waals surface area contributed by atoms with E-state index >= 15 is 0 Å². The van der Waals surface area contributed by atoms with Crippen LogP contribution in [0, 0.1) is 0 Å². The lowest BCUT2D eigenvalue weighted by Gasteiger charge is -2.35. The van der Waals surface area contributed by atoms with Crippen LogP contribution in [0.3, 0.4) is 0 Å². The van der Waals surface area contributed by atoms with Gasteiger partial charge in [-0.1, -0.05) is 231 Å². The summed E-state index contributed by atoms with van der Waals surface area (Å²) in [6, 6.07) is 107. The van der Waals surface area contributed by atoms with Gasteiger partial charge in [0.05, 0.1) is 16.5 Å². The fraction of sp³-hybridized carbons (Fsp3) is 0.0270. The van der Waals surface area contributed by atoms with E-state index in [2.05, 4.69) is 290 Å². The summed E-state index contributed by atoms with van der Waals surface area (Å²) in [5, 5.41) is 2.62. The molecule has 1 aromatic heterocycles. The second-order valence-corrected chi connectivity index (χ2v) is 21.7. The van der Waals surface area contributed by atoms with Gasteiger partial charge in [-0.15, -0.1) is 11.3 Å². The van der Waals surface area contributed by atoms with Crippen LogP contribution in [0.5, 0.6) is 0 Å². The van der Waals surface area contributed by atoms with Gasteiger partial charge in [-0.25, -0.2) is 0 Å². The van der Waals surface area contributed by atoms with Gasteiger partial charge in [0.15, 0.2) is 0 Å². The van der Waals surface area contributed by atoms with Gasteiger partial charge in [-0.05, 0) is 149 Å². The maximum absolute atomic E-state index is 2.57. The fourth-order valence-electron chi connectivity index (χ4n) is 13.9. The Bertz CT molecular complexity index is 4370. The summed E-state index contributed by atoms with van der Waals surface area (Å²) in [5.74, 6) is 0. The quantitative estimate of drug-likeness (QED) is 0.154. The molecule has 3 aliphatic carbocycles. The first-order chi connectivity index (χ1) is 37.7. The van der Waals surface area contributed by atoms with E-state index in [9.17, 15) is 0 Å². The van der Waals surface area contributed by atoms with Gasteiger partial charge in [0.25, 0.3) is 0 Å². The van der Waals surface area contributed by atoms with E-state index in [-0.39, 0.29) is 0 Å². The highest BCUT2D eigenvalue weighted by Crippen LogP contribution is 2.65. The monoisotopic (exact) mass is 981 g/mol. The molecule has 0 atom stereocenters. The van der Waals surface area contributed by atoms with Gasteiger partial charge in [0.2, 0.25) is 0 Å². The van der Waals surface area contributed by atoms with Crippen molar-refractivity contribution in [2.45, 2.75) is 10.8 Å². The highest BCUT2D eigenvalue weighted by molar-refractivity contribution is 7.25. The molecule has 3 aliphatic rings. The van der Waals surface area contributed by atoms with Crippen LogP contribution in [0.1, 0.15) is 44.5 Å². The Morgan fingerprint density at radius 3 is 1.33 bits per heavy atom. The molecule has 354 valence electrons. The molecular weight excluding hydrogens is 935 g/mol. The zero-order valence-electron chi connectivity index (χ0n) is 41.5. The molecule has 0 aliphatic heterocycles. The lowest BCUT2D eigenvalue weighted by atomic mass is 9.67. The molecule has 0 saturated heterocycles. The number of benzene rings is 12. The summed E-state index contributed by atoms with van der Waals surface area (Å²) in [6.07, 6.45) is 0. The molecule has 76 heavy (non-hydrogen) atoms. The van der Waals surface area contributed by atoms with Crippen molar-refractivity contribution in [2.75, 3.05) is 4.90 Å². The van der Waals surface area contributed by atoms with Crippen molar-refractivity contribution in [2.24, 2.45) is 0 Å². The Morgan fingerprint density at radius 2 is 0.711 bits per heavy atom. The van der Waals surface area contributed by atoms with E-state index in [4.69, 9.17) is 0 Å². The van der Waals surface area contributed by atoms with Crippen molar-refractivity contribution in [1.29, 1.82) is 0 Å². The number of fused-ring (bicyclic) bond motifs is 16. The lowest BCUT2D eigenvalue weighted by Crippen LogP contribution is -2.28. The molecule has 0 amide bonds. The predicted molar refractivity (Wildman–Crippen MR) is 318 cm³/mol. The van der Waals surface area contributed by atoms with Crippen LogP contribution in [-0.4, -0.2) is 0 Å². The molecular formula is C74H47NS. The first kappa shape index (κ1) is 43.1. The summed E-state index contributed by atoms with van der Waals surface area (Å²) in [6.45, 7) is 0. The Kier molecular flexibility index (Phi) is 9.40. The highest BCUT2D eigenvalue weighted by Gasteiger charge is 2.52. The zero-order chi connectivity index (χ0) is 50.0. The topological polar surface area (TPSA) is 3.24 Å². The Labute approximate surface area is 446 Å². The third kappa shape index (κ3) is 5.96. The Hall–Kier alpha value is -9.34. The molecule has 0 bridgehead atoms. The summed E-state index contributed by atoms with van der Waals surface area (Å²) >= 11 is 1.86. The van der Waals surface area contributed by atoms with Crippen LogP contribution < -0.4 is 4.90 Å². The summed E-state index contributed by atoms with van der Waals surface area (Å²) in [4.78, 5) is 2.56. The molecule has 1 nitrogen and oxygen atoms in total. The zero-order valence-corrected chi connectivity index (χ0v) is 42.3. The van der Waals surface area contributed by atoms with Gasteiger partial charge in [0.1, 0.15) is 0 Å². The van der Waals surface area contributed by atoms with E-state index < -0.39 is 10.8 Å². The van der Waals surface area contributed by atoms with Crippen LogP contribution in [-0.2, 0) is 10.8 Å². The lowest BCUT2D eigenvalue weighted by molar-refractivity contribution is 0.768. The number of hydrogen-bond acceptors (Lipinski definition) is 2. The first-order valence-electron chi connectivity index (χ1n) is 26.4. The van der Waals surface area contributed by atoms with Crippen LogP contribution in [0.4, 0.5) is 17.1 Å². The van der Waals surface area contributed by atoms with E-state index in [1.807, 2.05) is 11.3 Å². The van der Waals surface area contributed by atoms with Crippen LogP contribution >= 0.6 is 11.3 Å². The number of thiophene rings is 1. The summed E-state index contributed by atoms with van der Waals surface area (Å²) in [7, 11) is 0. The second kappa shape index (κ2) is 16.6. The SMILES string of the molecule is c1ccc(-c2cc3c(cc2N(c2ccc(-c4ccc5sc6ccccc6c5c4)cc2)c2ccc4c(c2)C(c2ccccc2)(c2ccccc2)c2ccccc2-4)C2(c4ccccc4-c4ccccc42)c2ccccc2-3)cc1. The number of nitrogens with zero attached hydrogens (tertiary/aromatic N) is 1. The van der Waals surface area contributed by atoms with E-state index in [1.54, 1.807) is 0 Å². The average molecular weight is 982 g/mol. The standard InChI is InChI=1S/C74H47NS/c1-4-20-49(21-5-1)61-46-62-58-29-13-18-34-67(58)74(65-32-16-11-26-55(65)56-27-12-17-33-66(56)74)69(62)47-70(61)75(53-39-36-48(37-40-53)50-38-43-72-63(44-50)60-30-14-19-35-71(60)76-72)54-41-42-59-57-28-10-15-31-64(57)73(68(59)45-54,51-22-6-2-7-23-51)52-24-8-3-9-25-52/h1-47H. The van der Waals surface area contributed by atoms with E-state index in [0.717, 1.165) is 17.1 Å². The van der Waals surface area contributed by atoms with Gasteiger partial charge < -0.3 is 4.90 Å². The van der Waals surface area contributed by atoms with E-state index in [1.165, 1.54) is 120 Å². The predicted octanol–water partition coefficient (Wildman–Crippen LogP) is 19.6. The Balaban J connectivity index is 0.988. The smallest absolute Gasteiger partial charge is 0.0726 e. The van der Waals surface area contributed by atoms with Crippen molar-refractivity contribution in [3.63, 3.8) is 0 Å². The maximum atomic E-state index is 2.57. The van der Waals surface area contributed by atoms with Gasteiger partial charge in [-0.2, -0.15) is 0 Å². The van der Waals surface area contributed by atoms with Crippen molar-refractivity contribution >= 4 is 48.6 Å². The fourth-order valence-corrected chi connectivity index (χ4v) is 15.0. The van der Waals surface area contributed by atoms with Gasteiger partial charge in [-0.3, -0.25) is 0 Å². The normalized spacial score (nSPS) is 13.7.